The molecule has 4 rings (SSSR count). The zero-order valence-corrected chi connectivity index (χ0v) is 18.4. The predicted octanol–water partition coefficient (Wildman–Crippen LogP) is 4.18. The van der Waals surface area contributed by atoms with Crippen molar-refractivity contribution in [1.82, 2.24) is 9.13 Å². The Morgan fingerprint density at radius 1 is 1.13 bits per heavy atom. The van der Waals surface area contributed by atoms with E-state index >= 15 is 0 Å². The summed E-state index contributed by atoms with van der Waals surface area (Å²) < 4.78 is 14.3. The van der Waals surface area contributed by atoms with Crippen molar-refractivity contribution in [3.63, 3.8) is 0 Å². The highest BCUT2D eigenvalue weighted by Crippen LogP contribution is 2.41. The van der Waals surface area contributed by atoms with E-state index in [0.717, 1.165) is 22.4 Å². The number of nitrogens with zero attached hydrogens (tertiary/aromatic N) is 3. The Bertz CT molecular complexity index is 1250. The first-order chi connectivity index (χ1) is 14.3. The first kappa shape index (κ1) is 20.3. The summed E-state index contributed by atoms with van der Waals surface area (Å²) in [6.45, 7) is 4.63. The lowest BCUT2D eigenvalue weighted by molar-refractivity contribution is 0.354. The van der Waals surface area contributed by atoms with E-state index in [9.17, 15) is 4.79 Å². The lowest BCUT2D eigenvalue weighted by Gasteiger charge is -2.28. The summed E-state index contributed by atoms with van der Waals surface area (Å²) >= 11 is 6.37. The van der Waals surface area contributed by atoms with E-state index in [1.165, 1.54) is 0 Å². The minimum Gasteiger partial charge on any atom is -0.493 e. The quantitative estimate of drug-likeness (QED) is 0.632. The molecule has 1 unspecified atom stereocenters. The average molecular weight is 426 g/mol. The standard InChI is InChI=1S/C23H24ClN3O3/c1-13-7-6-8-17(24)22(13)25-21-11-18-16-10-20(30-5)19(29-4)9-15(16)14(2)12-27(18)23(28)26(21)3/h6-11,14H,12H2,1-5H3/b25-21-. The van der Waals surface area contributed by atoms with Crippen molar-refractivity contribution in [3.8, 4) is 22.8 Å². The van der Waals surface area contributed by atoms with Gasteiger partial charge in [-0.2, -0.15) is 0 Å². The summed E-state index contributed by atoms with van der Waals surface area (Å²) in [6.07, 6.45) is 0. The van der Waals surface area contributed by atoms with Crippen LogP contribution in [0, 0.1) is 6.92 Å². The number of halogens is 1. The molecule has 0 aliphatic carbocycles. The van der Waals surface area contributed by atoms with E-state index in [1.807, 2.05) is 37.3 Å². The second-order valence-corrected chi connectivity index (χ2v) is 7.96. The Morgan fingerprint density at radius 3 is 2.50 bits per heavy atom. The van der Waals surface area contributed by atoms with Crippen LogP contribution in [-0.2, 0) is 13.6 Å². The number of benzene rings is 2. The Labute approximate surface area is 180 Å². The molecule has 6 nitrogen and oxygen atoms in total. The number of hydrogen-bond acceptors (Lipinski definition) is 4. The number of fused-ring (bicyclic) bond motifs is 3. The van der Waals surface area contributed by atoms with Gasteiger partial charge in [-0.3, -0.25) is 9.13 Å². The summed E-state index contributed by atoms with van der Waals surface area (Å²) in [7, 11) is 4.96. The Hall–Kier alpha value is -2.99. The van der Waals surface area contributed by atoms with Gasteiger partial charge in [-0.05, 0) is 36.2 Å². The van der Waals surface area contributed by atoms with Crippen LogP contribution in [0.15, 0.2) is 46.2 Å². The Balaban J connectivity index is 2.03. The van der Waals surface area contributed by atoms with Crippen LogP contribution in [0.2, 0.25) is 5.02 Å². The lowest BCUT2D eigenvalue weighted by Crippen LogP contribution is -2.41. The molecule has 0 saturated heterocycles. The maximum absolute atomic E-state index is 13.2. The van der Waals surface area contributed by atoms with Gasteiger partial charge in [0.1, 0.15) is 5.49 Å². The van der Waals surface area contributed by atoms with Gasteiger partial charge in [0.15, 0.2) is 11.5 Å². The van der Waals surface area contributed by atoms with Gasteiger partial charge >= 0.3 is 5.69 Å². The molecule has 0 radical (unpaired) electrons. The van der Waals surface area contributed by atoms with Crippen LogP contribution in [0.4, 0.5) is 5.69 Å². The van der Waals surface area contributed by atoms with E-state index in [1.54, 1.807) is 36.5 Å². The van der Waals surface area contributed by atoms with E-state index < -0.39 is 0 Å². The summed E-state index contributed by atoms with van der Waals surface area (Å²) in [5, 5.41) is 0.549. The second-order valence-electron chi connectivity index (χ2n) is 7.55. The van der Waals surface area contributed by atoms with Gasteiger partial charge in [0.2, 0.25) is 0 Å². The fourth-order valence-electron chi connectivity index (χ4n) is 3.96. The van der Waals surface area contributed by atoms with Gasteiger partial charge in [-0.25, -0.2) is 9.79 Å². The molecule has 30 heavy (non-hydrogen) atoms. The summed E-state index contributed by atoms with van der Waals surface area (Å²) in [5.41, 5.74) is 4.88. The first-order valence-corrected chi connectivity index (χ1v) is 10.1. The third kappa shape index (κ3) is 3.21. The van der Waals surface area contributed by atoms with E-state index in [4.69, 9.17) is 26.1 Å². The van der Waals surface area contributed by atoms with E-state index in [-0.39, 0.29) is 11.6 Å². The number of aryl methyl sites for hydroxylation is 1. The molecule has 0 amide bonds. The van der Waals surface area contributed by atoms with Gasteiger partial charge in [0.25, 0.3) is 0 Å². The normalized spacial score (nSPS) is 15.5. The monoisotopic (exact) mass is 425 g/mol. The van der Waals surface area contributed by atoms with Crippen molar-refractivity contribution < 1.29 is 9.47 Å². The van der Waals surface area contributed by atoms with Crippen LogP contribution in [0.3, 0.4) is 0 Å². The van der Waals surface area contributed by atoms with E-state index in [0.29, 0.717) is 34.2 Å². The Kier molecular flexibility index (Phi) is 5.20. The van der Waals surface area contributed by atoms with Crippen molar-refractivity contribution in [2.45, 2.75) is 26.3 Å². The smallest absolute Gasteiger partial charge is 0.329 e. The topological polar surface area (TPSA) is 57.8 Å². The largest absolute Gasteiger partial charge is 0.493 e. The maximum atomic E-state index is 13.2. The van der Waals surface area contributed by atoms with Crippen molar-refractivity contribution in [2.24, 2.45) is 12.0 Å². The number of methoxy groups -OCH3 is 2. The van der Waals surface area contributed by atoms with Crippen molar-refractivity contribution in [3.05, 3.63) is 68.5 Å². The zero-order chi connectivity index (χ0) is 21.6. The number of ether oxygens (including phenoxy) is 2. The highest BCUT2D eigenvalue weighted by molar-refractivity contribution is 6.33. The minimum absolute atomic E-state index is 0.122. The molecule has 0 spiro atoms. The zero-order valence-electron chi connectivity index (χ0n) is 17.7. The molecule has 0 fully saturated rings. The fraction of sp³-hybridized carbons (Fsp3) is 0.304. The second kappa shape index (κ2) is 7.69. The molecule has 1 aromatic heterocycles. The van der Waals surface area contributed by atoms with Crippen LogP contribution in [0.1, 0.15) is 24.0 Å². The van der Waals surface area contributed by atoms with Crippen LogP contribution in [0.25, 0.3) is 11.3 Å². The highest BCUT2D eigenvalue weighted by atomic mass is 35.5. The molecule has 1 atom stereocenters. The molecule has 156 valence electrons. The van der Waals surface area contributed by atoms with E-state index in [2.05, 4.69) is 6.92 Å². The van der Waals surface area contributed by atoms with Crippen molar-refractivity contribution >= 4 is 17.3 Å². The molecule has 1 aliphatic heterocycles. The number of aromatic nitrogens is 2. The average Bonchev–Trinajstić information content (AvgIpc) is 2.74. The molecule has 1 aliphatic rings. The summed E-state index contributed by atoms with van der Waals surface area (Å²) in [6, 6.07) is 11.5. The summed E-state index contributed by atoms with van der Waals surface area (Å²) in [5.74, 6) is 1.45. The number of hydrogen-bond donors (Lipinski definition) is 0. The summed E-state index contributed by atoms with van der Waals surface area (Å²) in [4.78, 5) is 17.9. The van der Waals surface area contributed by atoms with Crippen molar-refractivity contribution in [1.29, 1.82) is 0 Å². The third-order valence-electron chi connectivity index (χ3n) is 5.65. The first-order valence-electron chi connectivity index (χ1n) is 9.72. The lowest BCUT2D eigenvalue weighted by atomic mass is 9.89. The maximum Gasteiger partial charge on any atom is 0.329 e. The molecule has 0 N–H and O–H groups in total. The molecular weight excluding hydrogens is 402 g/mol. The van der Waals surface area contributed by atoms with Gasteiger partial charge in [-0.15, -0.1) is 0 Å². The molecule has 2 aromatic carbocycles. The highest BCUT2D eigenvalue weighted by Gasteiger charge is 2.26. The van der Waals surface area contributed by atoms with Gasteiger partial charge in [0, 0.05) is 31.1 Å². The van der Waals surface area contributed by atoms with Crippen LogP contribution in [-0.4, -0.2) is 23.4 Å². The number of rotatable bonds is 3. The SMILES string of the molecule is COc1cc2c(cc1OC)C(C)Cn1c-2c/c(=N/c2c(C)cccc2Cl)n(C)c1=O. The van der Waals surface area contributed by atoms with Gasteiger partial charge in [-0.1, -0.05) is 30.7 Å². The van der Waals surface area contributed by atoms with Crippen LogP contribution >= 0.6 is 11.6 Å². The third-order valence-corrected chi connectivity index (χ3v) is 5.96. The molecule has 0 bridgehead atoms. The van der Waals surface area contributed by atoms with Crippen LogP contribution < -0.4 is 20.7 Å². The molecule has 0 saturated carbocycles. The molecule has 7 heteroatoms. The fourth-order valence-corrected chi connectivity index (χ4v) is 4.23. The minimum atomic E-state index is -0.122. The molecule has 2 heterocycles. The van der Waals surface area contributed by atoms with Crippen LogP contribution in [0.5, 0.6) is 11.5 Å². The predicted molar refractivity (Wildman–Crippen MR) is 118 cm³/mol. The Morgan fingerprint density at radius 2 is 1.83 bits per heavy atom. The van der Waals surface area contributed by atoms with Crippen molar-refractivity contribution in [2.75, 3.05) is 14.2 Å². The number of para-hydroxylation sites is 1. The molecule has 3 aromatic rings. The molecular formula is C23H24ClN3O3. The van der Waals surface area contributed by atoms with Gasteiger partial charge in [0.05, 0.1) is 30.6 Å². The van der Waals surface area contributed by atoms with Gasteiger partial charge < -0.3 is 9.47 Å².